The average Bonchev–Trinajstić information content (AvgIpc) is 2.39. The van der Waals surface area contributed by atoms with Gasteiger partial charge in [-0.3, -0.25) is 4.98 Å². The molecule has 0 saturated heterocycles. The van der Waals surface area contributed by atoms with Crippen LogP contribution >= 0.6 is 0 Å². The number of nitrogens with zero attached hydrogens (tertiary/aromatic N) is 1. The topological polar surface area (TPSA) is 38.9 Å². The molecule has 0 aliphatic rings. The van der Waals surface area contributed by atoms with Crippen molar-refractivity contribution in [3.63, 3.8) is 0 Å². The number of aromatic nitrogens is 1. The van der Waals surface area contributed by atoms with E-state index in [1.807, 2.05) is 12.3 Å². The molecule has 0 amide bonds. The molecule has 1 aromatic heterocycles. The molecule has 0 radical (unpaired) electrons. The van der Waals surface area contributed by atoms with Crippen molar-refractivity contribution in [3.8, 4) is 0 Å². The fraction of sp³-hybridized carbons (Fsp3) is 0.353. The molecule has 1 aromatic carbocycles. The molecular formula is C17H22N2. The number of aryl methyl sites for hydroxylation is 1. The van der Waals surface area contributed by atoms with Gasteiger partial charge in [0.2, 0.25) is 0 Å². The molecule has 19 heavy (non-hydrogen) atoms. The van der Waals surface area contributed by atoms with Crippen molar-refractivity contribution in [3.05, 3.63) is 65.0 Å². The van der Waals surface area contributed by atoms with E-state index in [-0.39, 0.29) is 6.04 Å². The van der Waals surface area contributed by atoms with Gasteiger partial charge in [0.05, 0.1) is 11.7 Å². The molecular weight excluding hydrogens is 232 g/mol. The van der Waals surface area contributed by atoms with Gasteiger partial charge in [-0.05, 0) is 48.1 Å². The second-order valence-electron chi connectivity index (χ2n) is 5.46. The standard InChI is InChI=1S/C17H22N2/c1-12(2)15-6-4-14(5-7-15)11-16(18)17-10-13(3)8-9-19-17/h4-10,12,16H,11,18H2,1-3H3. The third-order valence-electron chi connectivity index (χ3n) is 3.42. The van der Waals surface area contributed by atoms with E-state index in [9.17, 15) is 0 Å². The Bertz CT molecular complexity index is 529. The third kappa shape index (κ3) is 3.65. The van der Waals surface area contributed by atoms with Crippen LogP contribution < -0.4 is 5.73 Å². The Morgan fingerprint density at radius 1 is 1.11 bits per heavy atom. The Labute approximate surface area is 115 Å². The number of rotatable bonds is 4. The Balaban J connectivity index is 2.08. The minimum Gasteiger partial charge on any atom is -0.322 e. The van der Waals surface area contributed by atoms with Crippen LogP contribution in [0.4, 0.5) is 0 Å². The molecule has 0 spiro atoms. The lowest BCUT2D eigenvalue weighted by Gasteiger charge is -2.13. The zero-order valence-electron chi connectivity index (χ0n) is 11.9. The second-order valence-corrected chi connectivity index (χ2v) is 5.46. The minimum atomic E-state index is -0.0372. The van der Waals surface area contributed by atoms with E-state index in [0.29, 0.717) is 5.92 Å². The Morgan fingerprint density at radius 3 is 2.37 bits per heavy atom. The first-order valence-corrected chi connectivity index (χ1v) is 6.83. The average molecular weight is 254 g/mol. The third-order valence-corrected chi connectivity index (χ3v) is 3.42. The number of nitrogens with two attached hydrogens (primary N) is 1. The van der Waals surface area contributed by atoms with Crippen molar-refractivity contribution in [2.45, 2.75) is 39.2 Å². The first-order chi connectivity index (χ1) is 9.06. The zero-order chi connectivity index (χ0) is 13.8. The molecule has 0 aliphatic heterocycles. The summed E-state index contributed by atoms with van der Waals surface area (Å²) in [5, 5.41) is 0. The van der Waals surface area contributed by atoms with E-state index in [0.717, 1.165) is 12.1 Å². The summed E-state index contributed by atoms with van der Waals surface area (Å²) in [5.74, 6) is 0.571. The van der Waals surface area contributed by atoms with Crippen LogP contribution in [-0.4, -0.2) is 4.98 Å². The van der Waals surface area contributed by atoms with Crippen LogP contribution in [0.5, 0.6) is 0 Å². The summed E-state index contributed by atoms with van der Waals surface area (Å²) in [4.78, 5) is 4.36. The van der Waals surface area contributed by atoms with Gasteiger partial charge in [-0.15, -0.1) is 0 Å². The molecule has 1 heterocycles. The monoisotopic (exact) mass is 254 g/mol. The maximum atomic E-state index is 6.23. The van der Waals surface area contributed by atoms with E-state index >= 15 is 0 Å². The maximum Gasteiger partial charge on any atom is 0.0577 e. The quantitative estimate of drug-likeness (QED) is 0.902. The van der Waals surface area contributed by atoms with Gasteiger partial charge in [0, 0.05) is 6.20 Å². The fourth-order valence-corrected chi connectivity index (χ4v) is 2.16. The lowest BCUT2D eigenvalue weighted by Crippen LogP contribution is -2.15. The van der Waals surface area contributed by atoms with Gasteiger partial charge in [-0.1, -0.05) is 38.1 Å². The molecule has 1 unspecified atom stereocenters. The van der Waals surface area contributed by atoms with Crippen LogP contribution in [0, 0.1) is 6.92 Å². The molecule has 100 valence electrons. The predicted octanol–water partition coefficient (Wildman–Crippen LogP) is 3.76. The largest absolute Gasteiger partial charge is 0.322 e. The minimum absolute atomic E-state index is 0.0372. The lowest BCUT2D eigenvalue weighted by molar-refractivity contribution is 0.695. The Morgan fingerprint density at radius 2 is 1.79 bits per heavy atom. The molecule has 0 bridgehead atoms. The molecule has 0 aliphatic carbocycles. The van der Waals surface area contributed by atoms with Crippen LogP contribution in [0.3, 0.4) is 0 Å². The van der Waals surface area contributed by atoms with Gasteiger partial charge in [0.1, 0.15) is 0 Å². The molecule has 2 heteroatoms. The van der Waals surface area contributed by atoms with Crippen LogP contribution in [-0.2, 0) is 6.42 Å². The van der Waals surface area contributed by atoms with E-state index in [2.05, 4.69) is 56.1 Å². The predicted molar refractivity (Wildman–Crippen MR) is 80.1 cm³/mol. The number of hydrogen-bond donors (Lipinski definition) is 1. The van der Waals surface area contributed by atoms with Crippen LogP contribution in [0.2, 0.25) is 0 Å². The Kier molecular flexibility index (Phi) is 4.33. The molecule has 0 saturated carbocycles. The molecule has 2 rings (SSSR count). The molecule has 0 fully saturated rings. The highest BCUT2D eigenvalue weighted by Crippen LogP contribution is 2.18. The molecule has 1 atom stereocenters. The smallest absolute Gasteiger partial charge is 0.0577 e. The summed E-state index contributed by atoms with van der Waals surface area (Å²) in [5.41, 5.74) is 11.0. The summed E-state index contributed by atoms with van der Waals surface area (Å²) in [7, 11) is 0. The van der Waals surface area contributed by atoms with E-state index < -0.39 is 0 Å². The van der Waals surface area contributed by atoms with E-state index in [1.54, 1.807) is 0 Å². The van der Waals surface area contributed by atoms with Crippen LogP contribution in [0.15, 0.2) is 42.6 Å². The molecule has 2 N–H and O–H groups in total. The van der Waals surface area contributed by atoms with Gasteiger partial charge in [0.15, 0.2) is 0 Å². The fourth-order valence-electron chi connectivity index (χ4n) is 2.16. The normalized spacial score (nSPS) is 12.7. The number of hydrogen-bond acceptors (Lipinski definition) is 2. The van der Waals surface area contributed by atoms with Crippen LogP contribution in [0.1, 0.15) is 48.2 Å². The van der Waals surface area contributed by atoms with E-state index in [4.69, 9.17) is 5.73 Å². The highest BCUT2D eigenvalue weighted by atomic mass is 14.8. The summed E-state index contributed by atoms with van der Waals surface area (Å²) < 4.78 is 0. The van der Waals surface area contributed by atoms with Gasteiger partial charge >= 0.3 is 0 Å². The molecule has 2 aromatic rings. The van der Waals surface area contributed by atoms with Crippen molar-refractivity contribution >= 4 is 0 Å². The van der Waals surface area contributed by atoms with Crippen molar-refractivity contribution in [2.24, 2.45) is 5.73 Å². The first-order valence-electron chi connectivity index (χ1n) is 6.83. The number of benzene rings is 1. The highest BCUT2D eigenvalue weighted by molar-refractivity contribution is 5.26. The van der Waals surface area contributed by atoms with E-state index in [1.165, 1.54) is 16.7 Å². The summed E-state index contributed by atoms with van der Waals surface area (Å²) in [6, 6.07) is 12.7. The van der Waals surface area contributed by atoms with Crippen molar-refractivity contribution < 1.29 is 0 Å². The maximum absolute atomic E-state index is 6.23. The van der Waals surface area contributed by atoms with Gasteiger partial charge in [-0.2, -0.15) is 0 Å². The van der Waals surface area contributed by atoms with Gasteiger partial charge in [0.25, 0.3) is 0 Å². The Hall–Kier alpha value is -1.67. The van der Waals surface area contributed by atoms with Crippen LogP contribution in [0.25, 0.3) is 0 Å². The van der Waals surface area contributed by atoms with Gasteiger partial charge in [-0.25, -0.2) is 0 Å². The molecule has 2 nitrogen and oxygen atoms in total. The number of pyridine rings is 1. The summed E-state index contributed by atoms with van der Waals surface area (Å²) in [6.45, 7) is 6.48. The van der Waals surface area contributed by atoms with Gasteiger partial charge < -0.3 is 5.73 Å². The lowest BCUT2D eigenvalue weighted by atomic mass is 9.98. The summed E-state index contributed by atoms with van der Waals surface area (Å²) >= 11 is 0. The van der Waals surface area contributed by atoms with Crippen molar-refractivity contribution in [2.75, 3.05) is 0 Å². The highest BCUT2D eigenvalue weighted by Gasteiger charge is 2.09. The van der Waals surface area contributed by atoms with Crippen molar-refractivity contribution in [1.82, 2.24) is 4.98 Å². The first kappa shape index (κ1) is 13.8. The zero-order valence-corrected chi connectivity index (χ0v) is 11.9. The SMILES string of the molecule is Cc1ccnc(C(N)Cc2ccc(C(C)C)cc2)c1. The van der Waals surface area contributed by atoms with Crippen molar-refractivity contribution in [1.29, 1.82) is 0 Å². The second kappa shape index (κ2) is 5.98. The summed E-state index contributed by atoms with van der Waals surface area (Å²) in [6.07, 6.45) is 2.65.